The van der Waals surface area contributed by atoms with Crippen molar-refractivity contribution in [2.24, 2.45) is 0 Å². The van der Waals surface area contributed by atoms with Crippen LogP contribution in [0.15, 0.2) is 24.3 Å². The molecule has 1 aromatic carbocycles. The highest BCUT2D eigenvalue weighted by Gasteiger charge is 2.28. The number of benzene rings is 1. The highest BCUT2D eigenvalue weighted by Crippen LogP contribution is 2.20. The number of carbonyl (C=O) groups excluding carboxylic acids is 1. The van der Waals surface area contributed by atoms with E-state index >= 15 is 0 Å². The average Bonchev–Trinajstić information content (AvgIpc) is 2.76. The lowest BCUT2D eigenvalue weighted by atomic mass is 10.1. The molecule has 1 heterocycles. The minimum atomic E-state index is -0.443. The molecular weight excluding hydrogens is 230 g/mol. The van der Waals surface area contributed by atoms with Crippen molar-refractivity contribution < 1.29 is 14.3 Å². The van der Waals surface area contributed by atoms with Crippen LogP contribution in [-0.4, -0.2) is 25.2 Å². The van der Waals surface area contributed by atoms with Crippen LogP contribution in [-0.2, 0) is 9.53 Å². The van der Waals surface area contributed by atoms with Gasteiger partial charge in [-0.1, -0.05) is 19.1 Å². The largest absolute Gasteiger partial charge is 0.479 e. The molecule has 2 unspecified atom stereocenters. The smallest absolute Gasteiger partial charge is 0.347 e. The van der Waals surface area contributed by atoms with Crippen molar-refractivity contribution in [1.29, 1.82) is 0 Å². The summed E-state index contributed by atoms with van der Waals surface area (Å²) in [5.74, 6) is 0.450. The predicted molar refractivity (Wildman–Crippen MR) is 68.5 cm³/mol. The Hall–Kier alpha value is -1.55. The Morgan fingerprint density at radius 3 is 2.72 bits per heavy atom. The Morgan fingerprint density at radius 1 is 1.44 bits per heavy atom. The molecule has 1 fully saturated rings. The molecule has 1 aromatic rings. The highest BCUT2D eigenvalue weighted by atomic mass is 16.6. The second-order valence-corrected chi connectivity index (χ2v) is 4.41. The third-order valence-corrected chi connectivity index (χ3v) is 3.06. The van der Waals surface area contributed by atoms with E-state index in [9.17, 15) is 4.79 Å². The average molecular weight is 249 g/mol. The number of carbonyl (C=O) groups is 1. The van der Waals surface area contributed by atoms with E-state index in [-0.39, 0.29) is 5.97 Å². The summed E-state index contributed by atoms with van der Waals surface area (Å²) in [6.45, 7) is 5.60. The Morgan fingerprint density at radius 2 is 2.17 bits per heavy atom. The monoisotopic (exact) mass is 249 g/mol. The molecule has 1 N–H and O–H groups in total. The standard InChI is InChI=1S/C14H19NO3/c1-3-15-10(2)11-4-6-12(7-5-11)18-13-8-9-17-14(13)16/h4-7,10,13,15H,3,8-9H2,1-2H3. The van der Waals surface area contributed by atoms with Gasteiger partial charge in [-0.25, -0.2) is 4.79 Å². The first-order valence-corrected chi connectivity index (χ1v) is 6.37. The van der Waals surface area contributed by atoms with E-state index in [1.54, 1.807) is 0 Å². The molecule has 2 atom stereocenters. The normalized spacial score (nSPS) is 20.6. The third-order valence-electron chi connectivity index (χ3n) is 3.06. The van der Waals surface area contributed by atoms with Gasteiger partial charge in [-0.05, 0) is 31.2 Å². The Bertz CT molecular complexity index is 402. The number of hydrogen-bond acceptors (Lipinski definition) is 4. The maximum atomic E-state index is 11.3. The summed E-state index contributed by atoms with van der Waals surface area (Å²) in [5, 5.41) is 3.35. The molecular formula is C14H19NO3. The summed E-state index contributed by atoms with van der Waals surface area (Å²) in [6.07, 6.45) is 0.191. The van der Waals surface area contributed by atoms with Crippen molar-refractivity contribution in [3.8, 4) is 5.75 Å². The van der Waals surface area contributed by atoms with Crippen LogP contribution >= 0.6 is 0 Å². The molecule has 0 bridgehead atoms. The molecule has 4 heteroatoms. The van der Waals surface area contributed by atoms with Gasteiger partial charge in [0.2, 0.25) is 0 Å². The predicted octanol–water partition coefficient (Wildman–Crippen LogP) is 2.05. The van der Waals surface area contributed by atoms with E-state index in [1.807, 2.05) is 24.3 Å². The lowest BCUT2D eigenvalue weighted by molar-refractivity contribution is -0.143. The molecule has 2 rings (SSSR count). The van der Waals surface area contributed by atoms with Crippen LogP contribution in [0.25, 0.3) is 0 Å². The zero-order valence-corrected chi connectivity index (χ0v) is 10.8. The van der Waals surface area contributed by atoms with Crippen LogP contribution in [0, 0.1) is 0 Å². The van der Waals surface area contributed by atoms with Gasteiger partial charge in [-0.3, -0.25) is 0 Å². The van der Waals surface area contributed by atoms with E-state index < -0.39 is 6.10 Å². The first kappa shape index (κ1) is 12.9. The molecule has 1 aliphatic heterocycles. The fourth-order valence-corrected chi connectivity index (χ4v) is 2.01. The number of esters is 1. The van der Waals surface area contributed by atoms with Crippen LogP contribution in [0.1, 0.15) is 31.9 Å². The quantitative estimate of drug-likeness (QED) is 0.811. The lowest BCUT2D eigenvalue weighted by Crippen LogP contribution is -2.21. The first-order chi connectivity index (χ1) is 8.70. The van der Waals surface area contributed by atoms with Gasteiger partial charge < -0.3 is 14.8 Å². The fraction of sp³-hybridized carbons (Fsp3) is 0.500. The number of hydrogen-bond donors (Lipinski definition) is 1. The molecule has 1 saturated heterocycles. The number of ether oxygens (including phenoxy) is 2. The van der Waals surface area contributed by atoms with Crippen molar-refractivity contribution in [3.05, 3.63) is 29.8 Å². The zero-order valence-electron chi connectivity index (χ0n) is 10.8. The second-order valence-electron chi connectivity index (χ2n) is 4.41. The van der Waals surface area contributed by atoms with Gasteiger partial charge in [0.1, 0.15) is 5.75 Å². The molecule has 0 aliphatic carbocycles. The summed E-state index contributed by atoms with van der Waals surface area (Å²) in [5.41, 5.74) is 1.21. The van der Waals surface area contributed by atoms with Gasteiger partial charge >= 0.3 is 5.97 Å². The maximum absolute atomic E-state index is 11.3. The molecule has 0 radical (unpaired) electrons. The minimum absolute atomic E-state index is 0.264. The van der Waals surface area contributed by atoms with E-state index in [0.29, 0.717) is 24.8 Å². The van der Waals surface area contributed by atoms with Gasteiger partial charge in [0.15, 0.2) is 6.10 Å². The molecule has 0 amide bonds. The Kier molecular flexibility index (Phi) is 4.20. The highest BCUT2D eigenvalue weighted by molar-refractivity contribution is 5.76. The van der Waals surface area contributed by atoms with Gasteiger partial charge in [-0.15, -0.1) is 0 Å². The molecule has 98 valence electrons. The maximum Gasteiger partial charge on any atom is 0.347 e. The first-order valence-electron chi connectivity index (χ1n) is 6.37. The topological polar surface area (TPSA) is 47.6 Å². The van der Waals surface area contributed by atoms with E-state index in [1.165, 1.54) is 5.56 Å². The van der Waals surface area contributed by atoms with Crippen molar-refractivity contribution in [2.45, 2.75) is 32.4 Å². The van der Waals surface area contributed by atoms with Gasteiger partial charge in [0, 0.05) is 12.5 Å². The van der Waals surface area contributed by atoms with E-state index in [4.69, 9.17) is 9.47 Å². The number of rotatable bonds is 5. The third kappa shape index (κ3) is 3.01. The Labute approximate surface area is 107 Å². The van der Waals surface area contributed by atoms with Crippen LogP contribution < -0.4 is 10.1 Å². The summed E-state index contributed by atoms with van der Waals surface area (Å²) in [7, 11) is 0. The summed E-state index contributed by atoms with van der Waals surface area (Å²) >= 11 is 0. The molecule has 0 saturated carbocycles. The van der Waals surface area contributed by atoms with Gasteiger partial charge in [0.05, 0.1) is 6.61 Å². The number of nitrogens with one attached hydrogen (secondary N) is 1. The van der Waals surface area contributed by atoms with E-state index in [0.717, 1.165) is 6.54 Å². The molecule has 4 nitrogen and oxygen atoms in total. The summed E-state index contributed by atoms with van der Waals surface area (Å²) < 4.78 is 10.4. The lowest BCUT2D eigenvalue weighted by Gasteiger charge is -2.14. The van der Waals surface area contributed by atoms with Crippen LogP contribution in [0.5, 0.6) is 5.75 Å². The van der Waals surface area contributed by atoms with Gasteiger partial charge in [0.25, 0.3) is 0 Å². The fourth-order valence-electron chi connectivity index (χ4n) is 2.01. The van der Waals surface area contributed by atoms with Crippen LogP contribution in [0.3, 0.4) is 0 Å². The zero-order chi connectivity index (χ0) is 13.0. The molecule has 0 spiro atoms. The molecule has 18 heavy (non-hydrogen) atoms. The van der Waals surface area contributed by atoms with Crippen LogP contribution in [0.2, 0.25) is 0 Å². The summed E-state index contributed by atoms with van der Waals surface area (Å²) in [6, 6.07) is 8.15. The molecule has 0 aromatic heterocycles. The summed E-state index contributed by atoms with van der Waals surface area (Å²) in [4.78, 5) is 11.3. The second kappa shape index (κ2) is 5.87. The van der Waals surface area contributed by atoms with E-state index in [2.05, 4.69) is 19.2 Å². The van der Waals surface area contributed by atoms with Crippen molar-refractivity contribution in [2.75, 3.05) is 13.2 Å². The van der Waals surface area contributed by atoms with Crippen LogP contribution in [0.4, 0.5) is 0 Å². The van der Waals surface area contributed by atoms with Crippen molar-refractivity contribution >= 4 is 5.97 Å². The van der Waals surface area contributed by atoms with Crippen molar-refractivity contribution in [3.63, 3.8) is 0 Å². The number of cyclic esters (lactones) is 1. The molecule has 1 aliphatic rings. The minimum Gasteiger partial charge on any atom is -0.479 e. The van der Waals surface area contributed by atoms with Crippen molar-refractivity contribution in [1.82, 2.24) is 5.32 Å². The van der Waals surface area contributed by atoms with Gasteiger partial charge in [-0.2, -0.15) is 0 Å². The SMILES string of the molecule is CCNC(C)c1ccc(OC2CCOC2=O)cc1. The Balaban J connectivity index is 1.97.